The molecular formula is C17H18OS. The van der Waals surface area contributed by atoms with Crippen molar-refractivity contribution >= 4 is 11.8 Å². The predicted molar refractivity (Wildman–Crippen MR) is 80.7 cm³/mol. The zero-order valence-corrected chi connectivity index (χ0v) is 11.6. The Morgan fingerprint density at radius 3 is 2.58 bits per heavy atom. The van der Waals surface area contributed by atoms with Crippen molar-refractivity contribution < 1.29 is 5.11 Å². The number of aliphatic hydroxyl groups excluding tert-OH is 1. The maximum atomic E-state index is 10.2. The van der Waals surface area contributed by atoms with Gasteiger partial charge in [0, 0.05) is 10.6 Å². The van der Waals surface area contributed by atoms with E-state index in [2.05, 4.69) is 36.4 Å². The van der Waals surface area contributed by atoms with Crippen molar-refractivity contribution in [2.45, 2.75) is 29.8 Å². The molecule has 1 aliphatic carbocycles. The number of rotatable bonds is 5. The van der Waals surface area contributed by atoms with Crippen LogP contribution in [-0.4, -0.2) is 17.0 Å². The summed E-state index contributed by atoms with van der Waals surface area (Å²) < 4.78 is 0. The van der Waals surface area contributed by atoms with Crippen molar-refractivity contribution in [3.05, 3.63) is 65.7 Å². The summed E-state index contributed by atoms with van der Waals surface area (Å²) in [5.41, 5.74) is 2.89. The average molecular weight is 270 g/mol. The molecule has 1 nitrogen and oxygen atoms in total. The molecular weight excluding hydrogens is 252 g/mol. The van der Waals surface area contributed by atoms with Crippen LogP contribution < -0.4 is 0 Å². The maximum absolute atomic E-state index is 10.2. The highest BCUT2D eigenvalue weighted by molar-refractivity contribution is 7.99. The van der Waals surface area contributed by atoms with E-state index in [1.807, 2.05) is 18.2 Å². The molecule has 0 spiro atoms. The molecule has 19 heavy (non-hydrogen) atoms. The topological polar surface area (TPSA) is 20.2 Å². The summed E-state index contributed by atoms with van der Waals surface area (Å²) >= 11 is 1.74. The Hall–Kier alpha value is -1.25. The minimum atomic E-state index is -0.219. The number of fused-ring (bicyclic) bond motifs is 1. The molecule has 1 N–H and O–H groups in total. The number of hydrogen-bond acceptors (Lipinski definition) is 2. The zero-order valence-electron chi connectivity index (χ0n) is 10.8. The van der Waals surface area contributed by atoms with Gasteiger partial charge in [0.1, 0.15) is 0 Å². The molecule has 98 valence electrons. The van der Waals surface area contributed by atoms with Gasteiger partial charge < -0.3 is 5.11 Å². The molecule has 0 saturated carbocycles. The first-order valence-electron chi connectivity index (χ1n) is 6.76. The zero-order chi connectivity index (χ0) is 13.1. The summed E-state index contributed by atoms with van der Waals surface area (Å²) in [6.45, 7) is 0. The lowest BCUT2D eigenvalue weighted by molar-refractivity contribution is 0.175. The number of thioether (sulfide) groups is 1. The summed E-state index contributed by atoms with van der Waals surface area (Å²) in [4.78, 5) is 1.23. The van der Waals surface area contributed by atoms with E-state index in [0.29, 0.717) is 5.92 Å². The van der Waals surface area contributed by atoms with Crippen LogP contribution in [0.4, 0.5) is 0 Å². The van der Waals surface area contributed by atoms with Gasteiger partial charge in [0.05, 0.1) is 6.10 Å². The molecule has 2 aromatic rings. The Kier molecular flexibility index (Phi) is 3.90. The van der Waals surface area contributed by atoms with Crippen LogP contribution in [0.25, 0.3) is 0 Å². The minimum Gasteiger partial charge on any atom is -0.392 e. The fraction of sp³-hybridized carbons (Fsp3) is 0.294. The molecule has 0 heterocycles. The molecule has 0 aromatic heterocycles. The van der Waals surface area contributed by atoms with Crippen molar-refractivity contribution in [3.8, 4) is 0 Å². The molecule has 0 bridgehead atoms. The Balaban J connectivity index is 1.49. The second-order valence-corrected chi connectivity index (χ2v) is 6.21. The highest BCUT2D eigenvalue weighted by atomic mass is 32.2. The van der Waals surface area contributed by atoms with Gasteiger partial charge in [-0.15, -0.1) is 11.8 Å². The van der Waals surface area contributed by atoms with Crippen LogP contribution in [-0.2, 0) is 6.42 Å². The standard InChI is InChI=1S/C17H18OS/c18-15(12-19-16-7-2-1-3-8-16)11-14-10-13-6-4-5-9-17(13)14/h1-9,14-15,18H,10-12H2. The van der Waals surface area contributed by atoms with Crippen LogP contribution in [0.3, 0.4) is 0 Å². The second kappa shape index (κ2) is 5.81. The average Bonchev–Trinajstić information content (AvgIpc) is 2.44. The van der Waals surface area contributed by atoms with Crippen molar-refractivity contribution in [1.29, 1.82) is 0 Å². The van der Waals surface area contributed by atoms with E-state index in [0.717, 1.165) is 18.6 Å². The van der Waals surface area contributed by atoms with Gasteiger partial charge >= 0.3 is 0 Å². The van der Waals surface area contributed by atoms with Gasteiger partial charge in [-0.25, -0.2) is 0 Å². The molecule has 2 unspecified atom stereocenters. The lowest BCUT2D eigenvalue weighted by atomic mass is 9.75. The number of hydrogen-bond donors (Lipinski definition) is 1. The lowest BCUT2D eigenvalue weighted by Gasteiger charge is -2.31. The Labute approximate surface area is 118 Å². The first-order chi connectivity index (χ1) is 9.33. The lowest BCUT2D eigenvalue weighted by Crippen LogP contribution is -2.23. The summed E-state index contributed by atoms with van der Waals surface area (Å²) in [6, 6.07) is 18.9. The molecule has 2 aromatic carbocycles. The summed E-state index contributed by atoms with van der Waals surface area (Å²) in [5.74, 6) is 1.34. The third-order valence-electron chi connectivity index (χ3n) is 3.70. The highest BCUT2D eigenvalue weighted by Gasteiger charge is 2.27. The van der Waals surface area contributed by atoms with Gasteiger partial charge in [-0.1, -0.05) is 42.5 Å². The molecule has 3 rings (SSSR count). The number of aliphatic hydroxyl groups is 1. The Bertz CT molecular complexity index is 538. The first kappa shape index (κ1) is 12.8. The van der Waals surface area contributed by atoms with Crippen molar-refractivity contribution in [2.75, 3.05) is 5.75 Å². The molecule has 2 atom stereocenters. The Morgan fingerprint density at radius 2 is 1.79 bits per heavy atom. The first-order valence-corrected chi connectivity index (χ1v) is 7.75. The fourth-order valence-electron chi connectivity index (χ4n) is 2.68. The van der Waals surface area contributed by atoms with Crippen LogP contribution in [0.5, 0.6) is 0 Å². The van der Waals surface area contributed by atoms with Crippen LogP contribution in [0.15, 0.2) is 59.5 Å². The van der Waals surface area contributed by atoms with E-state index in [1.165, 1.54) is 16.0 Å². The third-order valence-corrected chi connectivity index (χ3v) is 4.86. The maximum Gasteiger partial charge on any atom is 0.0640 e. The molecule has 0 amide bonds. The van der Waals surface area contributed by atoms with E-state index < -0.39 is 0 Å². The Morgan fingerprint density at radius 1 is 1.05 bits per heavy atom. The van der Waals surface area contributed by atoms with E-state index in [-0.39, 0.29) is 6.10 Å². The quantitative estimate of drug-likeness (QED) is 0.832. The van der Waals surface area contributed by atoms with Crippen LogP contribution in [0.1, 0.15) is 23.5 Å². The van der Waals surface area contributed by atoms with Gasteiger partial charge in [0.15, 0.2) is 0 Å². The minimum absolute atomic E-state index is 0.219. The predicted octanol–water partition coefficient (Wildman–Crippen LogP) is 3.87. The van der Waals surface area contributed by atoms with Gasteiger partial charge in [0.25, 0.3) is 0 Å². The smallest absolute Gasteiger partial charge is 0.0640 e. The van der Waals surface area contributed by atoms with Crippen molar-refractivity contribution in [2.24, 2.45) is 0 Å². The highest BCUT2D eigenvalue weighted by Crippen LogP contribution is 2.38. The molecule has 0 radical (unpaired) electrons. The molecule has 1 aliphatic rings. The fourth-order valence-corrected chi connectivity index (χ4v) is 3.55. The summed E-state index contributed by atoms with van der Waals surface area (Å²) in [5, 5.41) is 10.2. The van der Waals surface area contributed by atoms with Gasteiger partial charge in [-0.3, -0.25) is 0 Å². The number of benzene rings is 2. The molecule has 2 heteroatoms. The van der Waals surface area contributed by atoms with Gasteiger partial charge in [-0.05, 0) is 42.0 Å². The van der Waals surface area contributed by atoms with Crippen molar-refractivity contribution in [1.82, 2.24) is 0 Å². The van der Waals surface area contributed by atoms with Gasteiger partial charge in [-0.2, -0.15) is 0 Å². The van der Waals surface area contributed by atoms with Crippen molar-refractivity contribution in [3.63, 3.8) is 0 Å². The van der Waals surface area contributed by atoms with E-state index in [9.17, 15) is 5.11 Å². The normalized spacial score (nSPS) is 18.5. The summed E-state index contributed by atoms with van der Waals surface area (Å²) in [7, 11) is 0. The van der Waals surface area contributed by atoms with E-state index >= 15 is 0 Å². The van der Waals surface area contributed by atoms with Crippen LogP contribution in [0.2, 0.25) is 0 Å². The largest absolute Gasteiger partial charge is 0.392 e. The third kappa shape index (κ3) is 3.02. The second-order valence-electron chi connectivity index (χ2n) is 5.11. The van der Waals surface area contributed by atoms with Crippen LogP contribution >= 0.6 is 11.8 Å². The summed E-state index contributed by atoms with van der Waals surface area (Å²) in [6.07, 6.45) is 1.80. The van der Waals surface area contributed by atoms with Crippen LogP contribution in [0, 0.1) is 0 Å². The monoisotopic (exact) mass is 270 g/mol. The molecule has 0 aliphatic heterocycles. The molecule has 0 saturated heterocycles. The molecule has 0 fully saturated rings. The van der Waals surface area contributed by atoms with E-state index in [4.69, 9.17) is 0 Å². The van der Waals surface area contributed by atoms with Gasteiger partial charge in [0.2, 0.25) is 0 Å². The SMILES string of the molecule is OC(CSc1ccccc1)CC1Cc2ccccc21. The van der Waals surface area contributed by atoms with E-state index in [1.54, 1.807) is 11.8 Å².